The number of benzene rings is 3. The number of fused-ring (bicyclic) bond motifs is 3. The van der Waals surface area contributed by atoms with E-state index >= 15 is 0 Å². The fourth-order valence-corrected chi connectivity index (χ4v) is 4.56. The molecule has 0 aliphatic carbocycles. The van der Waals surface area contributed by atoms with Gasteiger partial charge in [-0.15, -0.1) is 53.1 Å². The molecule has 0 N–H and O–H groups in total. The summed E-state index contributed by atoms with van der Waals surface area (Å²) in [5, 5.41) is 18.5. The zero-order valence-electron chi connectivity index (χ0n) is 20.9. The van der Waals surface area contributed by atoms with E-state index in [1.807, 2.05) is 80.0 Å². The molecule has 6 rings (SSSR count). The molecule has 1 radical (unpaired) electrons. The summed E-state index contributed by atoms with van der Waals surface area (Å²) in [4.78, 5) is 12.2. The molecule has 1 aliphatic heterocycles. The Morgan fingerprint density at radius 2 is 1.85 bits per heavy atom. The summed E-state index contributed by atoms with van der Waals surface area (Å²) in [6.07, 6.45) is 6.66. The minimum absolute atomic E-state index is 0. The second kappa shape index (κ2) is 12.1. The number of aryl methyl sites for hydroxylation is 3. The van der Waals surface area contributed by atoms with Crippen molar-refractivity contribution in [2.45, 2.75) is 19.9 Å². The third-order valence-corrected chi connectivity index (χ3v) is 6.37. The van der Waals surface area contributed by atoms with Gasteiger partial charge in [-0.2, -0.15) is 0 Å². The van der Waals surface area contributed by atoms with Crippen LogP contribution in [0.3, 0.4) is 0 Å². The first-order valence-electron chi connectivity index (χ1n) is 11.9. The molecule has 0 spiro atoms. The second-order valence-corrected chi connectivity index (χ2v) is 8.64. The van der Waals surface area contributed by atoms with Crippen molar-refractivity contribution >= 4 is 5.69 Å². The Hall–Kier alpha value is -4.86. The Kier molecular flexibility index (Phi) is 8.45. The SMILES string of the molecule is [C-]#[N+]c1cc(-c2nccc(C)c2-c2ccccc2)[c-]c(C#N)c1C#N.[Ir].[c-]1cccc2c1-c1nccn1CC2. The molecule has 3 aromatic carbocycles. The van der Waals surface area contributed by atoms with Crippen LogP contribution in [-0.4, -0.2) is 14.5 Å². The Balaban J connectivity index is 0.000000210. The number of pyridine rings is 1. The monoisotopic (exact) mass is 681 g/mol. The van der Waals surface area contributed by atoms with Gasteiger partial charge < -0.3 is 4.57 Å². The quantitative estimate of drug-likeness (QED) is 0.194. The van der Waals surface area contributed by atoms with E-state index < -0.39 is 0 Å². The van der Waals surface area contributed by atoms with Gasteiger partial charge in [0.25, 0.3) is 0 Å². The van der Waals surface area contributed by atoms with Crippen LogP contribution in [0.25, 0.3) is 38.6 Å². The van der Waals surface area contributed by atoms with Crippen molar-refractivity contribution in [1.29, 1.82) is 10.5 Å². The van der Waals surface area contributed by atoms with E-state index in [9.17, 15) is 10.5 Å². The molecular formula is C32H20IrN6-2. The molecule has 0 amide bonds. The van der Waals surface area contributed by atoms with Crippen LogP contribution >= 0.6 is 0 Å². The molecule has 39 heavy (non-hydrogen) atoms. The number of nitrogens with zero attached hydrogens (tertiary/aromatic N) is 6. The van der Waals surface area contributed by atoms with Crippen molar-refractivity contribution in [3.05, 3.63) is 125 Å². The minimum Gasteiger partial charge on any atom is -0.371 e. The predicted octanol–water partition coefficient (Wildman–Crippen LogP) is 6.72. The molecule has 7 heteroatoms. The summed E-state index contributed by atoms with van der Waals surface area (Å²) >= 11 is 0. The summed E-state index contributed by atoms with van der Waals surface area (Å²) < 4.78 is 2.18. The van der Waals surface area contributed by atoms with E-state index in [1.165, 1.54) is 11.1 Å². The summed E-state index contributed by atoms with van der Waals surface area (Å²) in [7, 11) is 0. The predicted molar refractivity (Wildman–Crippen MR) is 145 cm³/mol. The van der Waals surface area contributed by atoms with Gasteiger partial charge >= 0.3 is 0 Å². The van der Waals surface area contributed by atoms with Gasteiger partial charge in [-0.05, 0) is 47.7 Å². The maximum atomic E-state index is 9.33. The van der Waals surface area contributed by atoms with Crippen LogP contribution in [-0.2, 0) is 33.1 Å². The van der Waals surface area contributed by atoms with Gasteiger partial charge in [-0.25, -0.2) is 10.5 Å². The maximum Gasteiger partial charge on any atom is 0.142 e. The molecule has 0 bridgehead atoms. The third kappa shape index (κ3) is 5.40. The normalized spacial score (nSPS) is 10.7. The minimum atomic E-state index is 0. The fourth-order valence-electron chi connectivity index (χ4n) is 4.56. The Bertz CT molecular complexity index is 1730. The summed E-state index contributed by atoms with van der Waals surface area (Å²) in [5.74, 6) is 1.06. The van der Waals surface area contributed by atoms with Crippen LogP contribution < -0.4 is 0 Å². The van der Waals surface area contributed by atoms with Crippen molar-refractivity contribution in [3.8, 4) is 45.9 Å². The third-order valence-electron chi connectivity index (χ3n) is 6.37. The number of nitriles is 2. The first-order valence-corrected chi connectivity index (χ1v) is 11.9. The van der Waals surface area contributed by atoms with E-state index in [-0.39, 0.29) is 36.9 Å². The zero-order valence-corrected chi connectivity index (χ0v) is 23.3. The van der Waals surface area contributed by atoms with Crippen molar-refractivity contribution in [2.24, 2.45) is 0 Å². The van der Waals surface area contributed by atoms with E-state index in [2.05, 4.69) is 37.6 Å². The average Bonchev–Trinajstić information content (AvgIpc) is 3.47. The Morgan fingerprint density at radius 3 is 2.59 bits per heavy atom. The smallest absolute Gasteiger partial charge is 0.142 e. The van der Waals surface area contributed by atoms with Crippen LogP contribution in [0.2, 0.25) is 0 Å². The number of aromatic nitrogens is 3. The molecule has 3 heterocycles. The van der Waals surface area contributed by atoms with Crippen molar-refractivity contribution in [2.75, 3.05) is 0 Å². The molecule has 0 atom stereocenters. The molecule has 2 aromatic heterocycles. The fraction of sp³-hybridized carbons (Fsp3) is 0.0938. The van der Waals surface area contributed by atoms with E-state index in [1.54, 1.807) is 12.3 Å². The molecule has 1 aliphatic rings. The maximum absolute atomic E-state index is 9.33. The van der Waals surface area contributed by atoms with Crippen LogP contribution in [0.1, 0.15) is 22.3 Å². The standard InChI is InChI=1S/C21H11N4.C11H9N2.Ir/c1-14-8-9-25-21(20(14)15-6-4-3-5-7-15)16-10-17(12-22)18(13-23)19(11-16)24-2;1-2-4-10-9(3-1)5-7-13-8-6-12-11(10)13;/h3-9,11H,1H3;1-3,6,8H,5,7H2;/q2*-1;. The number of hydrogen-bond donors (Lipinski definition) is 0. The Labute approximate surface area is 241 Å². The van der Waals surface area contributed by atoms with Crippen molar-refractivity contribution in [3.63, 3.8) is 0 Å². The van der Waals surface area contributed by atoms with Crippen LogP contribution in [0, 0.1) is 48.3 Å². The molecule has 6 nitrogen and oxygen atoms in total. The second-order valence-electron chi connectivity index (χ2n) is 8.64. The molecule has 0 saturated heterocycles. The molecule has 0 unspecified atom stereocenters. The number of hydrogen-bond acceptors (Lipinski definition) is 4. The topological polar surface area (TPSA) is 82.7 Å². The molecular weight excluding hydrogens is 661 g/mol. The van der Waals surface area contributed by atoms with Crippen LogP contribution in [0.4, 0.5) is 5.69 Å². The van der Waals surface area contributed by atoms with E-state index in [0.717, 1.165) is 35.5 Å². The van der Waals surface area contributed by atoms with Gasteiger partial charge in [0, 0.05) is 62.6 Å². The number of rotatable bonds is 2. The van der Waals surface area contributed by atoms with Gasteiger partial charge in [0.05, 0.1) is 12.4 Å². The van der Waals surface area contributed by atoms with Gasteiger partial charge in [-0.3, -0.25) is 14.8 Å². The molecule has 0 fully saturated rings. The zero-order chi connectivity index (χ0) is 26.5. The summed E-state index contributed by atoms with van der Waals surface area (Å²) in [6.45, 7) is 10.3. The first kappa shape index (κ1) is 27.2. The van der Waals surface area contributed by atoms with Crippen LogP contribution in [0.5, 0.6) is 0 Å². The van der Waals surface area contributed by atoms with E-state index in [0.29, 0.717) is 11.3 Å². The molecule has 5 aromatic rings. The summed E-state index contributed by atoms with van der Waals surface area (Å²) in [5.41, 5.74) is 6.88. The first-order chi connectivity index (χ1) is 18.6. The molecule has 189 valence electrons. The average molecular weight is 681 g/mol. The van der Waals surface area contributed by atoms with Crippen LogP contribution in [0.15, 0.2) is 79.3 Å². The molecule has 0 saturated carbocycles. The Morgan fingerprint density at radius 1 is 1.03 bits per heavy atom. The summed E-state index contributed by atoms with van der Waals surface area (Å²) in [6, 6.07) is 29.5. The number of imidazole rings is 1. The van der Waals surface area contributed by atoms with Gasteiger partial charge in [0.2, 0.25) is 0 Å². The van der Waals surface area contributed by atoms with Gasteiger partial charge in [0.1, 0.15) is 5.69 Å². The van der Waals surface area contributed by atoms with E-state index in [4.69, 9.17) is 6.57 Å². The van der Waals surface area contributed by atoms with Gasteiger partial charge in [-0.1, -0.05) is 30.3 Å². The van der Waals surface area contributed by atoms with Crippen molar-refractivity contribution in [1.82, 2.24) is 14.5 Å². The van der Waals surface area contributed by atoms with Crippen molar-refractivity contribution < 1.29 is 20.1 Å². The van der Waals surface area contributed by atoms with Gasteiger partial charge in [0.15, 0.2) is 0 Å². The largest absolute Gasteiger partial charge is 0.371 e.